The predicted octanol–water partition coefficient (Wildman–Crippen LogP) is 4.47. The van der Waals surface area contributed by atoms with Crippen molar-refractivity contribution in [2.24, 2.45) is 0 Å². The van der Waals surface area contributed by atoms with Crippen LogP contribution in [-0.4, -0.2) is 12.3 Å². The van der Waals surface area contributed by atoms with Crippen LogP contribution in [-0.2, 0) is 4.57 Å². The molecular weight excluding hydrogens is 219 g/mol. The molecule has 0 aliphatic heterocycles. The van der Waals surface area contributed by atoms with Gasteiger partial charge in [0.15, 0.2) is 0 Å². The van der Waals surface area contributed by atoms with Crippen LogP contribution in [0.15, 0.2) is 24.3 Å². The van der Waals surface area contributed by atoms with E-state index in [0.29, 0.717) is 12.3 Å². The first-order valence-electron chi connectivity index (χ1n) is 5.94. The van der Waals surface area contributed by atoms with Crippen molar-refractivity contribution in [3.05, 3.63) is 29.8 Å². The molecule has 0 spiro atoms. The van der Waals surface area contributed by atoms with Crippen LogP contribution >= 0.6 is 7.37 Å². The van der Waals surface area contributed by atoms with E-state index in [1.807, 2.05) is 38.1 Å². The lowest BCUT2D eigenvalue weighted by Crippen LogP contribution is -2.00. The molecule has 0 aliphatic rings. The Hall–Kier alpha value is -0.750. The van der Waals surface area contributed by atoms with Gasteiger partial charge >= 0.3 is 0 Å². The number of unbranched alkanes of at least 4 members (excludes halogenated alkanes) is 1. The lowest BCUT2D eigenvalue weighted by Gasteiger charge is -2.17. The highest BCUT2D eigenvalue weighted by atomic mass is 31.2. The van der Waals surface area contributed by atoms with Gasteiger partial charge in [-0.1, -0.05) is 38.0 Å². The van der Waals surface area contributed by atoms with Crippen LogP contribution in [0, 0.1) is 6.92 Å². The lowest BCUT2D eigenvalue weighted by atomic mass is 10.2. The van der Waals surface area contributed by atoms with Crippen LogP contribution in [0.5, 0.6) is 5.75 Å². The molecule has 0 aromatic heterocycles. The molecule has 90 valence electrons. The van der Waals surface area contributed by atoms with Crippen molar-refractivity contribution in [1.82, 2.24) is 0 Å². The molecule has 0 radical (unpaired) electrons. The smallest absolute Gasteiger partial charge is 0.247 e. The van der Waals surface area contributed by atoms with Crippen LogP contribution < -0.4 is 4.52 Å². The molecular formula is C13H21O2P. The second kappa shape index (κ2) is 6.10. The topological polar surface area (TPSA) is 26.3 Å². The van der Waals surface area contributed by atoms with Gasteiger partial charge in [-0.2, -0.15) is 0 Å². The minimum absolute atomic E-state index is 0.612. The zero-order chi connectivity index (χ0) is 12.0. The quantitative estimate of drug-likeness (QED) is 0.685. The molecule has 0 bridgehead atoms. The molecule has 1 atom stereocenters. The van der Waals surface area contributed by atoms with Gasteiger partial charge in [-0.15, -0.1) is 0 Å². The van der Waals surface area contributed by atoms with Gasteiger partial charge in [0.25, 0.3) is 0 Å². The molecule has 3 heteroatoms. The fraction of sp³-hybridized carbons (Fsp3) is 0.538. The van der Waals surface area contributed by atoms with Crippen molar-refractivity contribution in [3.63, 3.8) is 0 Å². The molecule has 0 fully saturated rings. The minimum Gasteiger partial charge on any atom is -0.443 e. The largest absolute Gasteiger partial charge is 0.443 e. The monoisotopic (exact) mass is 240 g/mol. The molecule has 0 heterocycles. The van der Waals surface area contributed by atoms with Gasteiger partial charge in [-0.3, -0.25) is 4.57 Å². The van der Waals surface area contributed by atoms with E-state index < -0.39 is 7.37 Å². The number of hydrogen-bond acceptors (Lipinski definition) is 2. The van der Waals surface area contributed by atoms with Gasteiger partial charge in [0.2, 0.25) is 7.37 Å². The van der Waals surface area contributed by atoms with Crippen LogP contribution in [0.1, 0.15) is 32.3 Å². The van der Waals surface area contributed by atoms with Crippen molar-refractivity contribution >= 4 is 7.37 Å². The summed E-state index contributed by atoms with van der Waals surface area (Å²) in [5, 5.41) is 0. The Bertz CT molecular complexity index is 357. The standard InChI is InChI=1S/C13H21O2P/c1-4-6-11-16(14,5-2)15-13-9-7-12(3)8-10-13/h7-10H,4-6,11H2,1-3H3. The highest BCUT2D eigenvalue weighted by molar-refractivity contribution is 7.59. The number of aryl methyl sites for hydroxylation is 1. The average molecular weight is 240 g/mol. The Morgan fingerprint density at radius 2 is 1.81 bits per heavy atom. The summed E-state index contributed by atoms with van der Waals surface area (Å²) in [4.78, 5) is 0. The van der Waals surface area contributed by atoms with E-state index in [2.05, 4.69) is 6.92 Å². The summed E-state index contributed by atoms with van der Waals surface area (Å²) in [6.07, 6.45) is 3.33. The lowest BCUT2D eigenvalue weighted by molar-refractivity contribution is 0.480. The van der Waals surface area contributed by atoms with Gasteiger partial charge in [-0.05, 0) is 25.5 Å². The van der Waals surface area contributed by atoms with Crippen LogP contribution in [0.2, 0.25) is 0 Å². The molecule has 2 nitrogen and oxygen atoms in total. The fourth-order valence-electron chi connectivity index (χ4n) is 1.46. The molecule has 0 saturated carbocycles. The van der Waals surface area contributed by atoms with Gasteiger partial charge in [0.05, 0.1) is 0 Å². The maximum Gasteiger partial charge on any atom is 0.247 e. The average Bonchev–Trinajstić information content (AvgIpc) is 2.30. The number of benzene rings is 1. The molecule has 0 saturated heterocycles. The zero-order valence-electron chi connectivity index (χ0n) is 10.4. The molecule has 0 aliphatic carbocycles. The predicted molar refractivity (Wildman–Crippen MR) is 69.7 cm³/mol. The van der Waals surface area contributed by atoms with E-state index in [9.17, 15) is 4.57 Å². The van der Waals surface area contributed by atoms with Crippen LogP contribution in [0.25, 0.3) is 0 Å². The third-order valence-electron chi connectivity index (χ3n) is 2.63. The SMILES string of the molecule is CCCCP(=O)(CC)Oc1ccc(C)cc1. The van der Waals surface area contributed by atoms with Crippen molar-refractivity contribution in [2.75, 3.05) is 12.3 Å². The first-order chi connectivity index (χ1) is 7.59. The highest BCUT2D eigenvalue weighted by Crippen LogP contribution is 2.47. The first kappa shape index (κ1) is 13.3. The Morgan fingerprint density at radius 1 is 1.19 bits per heavy atom. The van der Waals surface area contributed by atoms with E-state index in [0.717, 1.165) is 18.6 Å². The van der Waals surface area contributed by atoms with Gasteiger partial charge in [0, 0.05) is 12.3 Å². The van der Waals surface area contributed by atoms with Gasteiger partial charge in [0.1, 0.15) is 5.75 Å². The summed E-state index contributed by atoms with van der Waals surface area (Å²) >= 11 is 0. The zero-order valence-corrected chi connectivity index (χ0v) is 11.3. The first-order valence-corrected chi connectivity index (χ1v) is 7.93. The van der Waals surface area contributed by atoms with Gasteiger partial charge in [-0.25, -0.2) is 0 Å². The normalized spacial score (nSPS) is 14.4. The van der Waals surface area contributed by atoms with Crippen molar-refractivity contribution in [1.29, 1.82) is 0 Å². The summed E-state index contributed by atoms with van der Waals surface area (Å²) in [6.45, 7) is 6.07. The maximum absolute atomic E-state index is 12.4. The van der Waals surface area contributed by atoms with Gasteiger partial charge < -0.3 is 4.52 Å². The Balaban J connectivity index is 2.69. The maximum atomic E-state index is 12.4. The molecule has 1 unspecified atom stereocenters. The van der Waals surface area contributed by atoms with E-state index in [-0.39, 0.29) is 0 Å². The minimum atomic E-state index is -2.45. The van der Waals surface area contributed by atoms with E-state index >= 15 is 0 Å². The summed E-state index contributed by atoms with van der Waals surface area (Å²) in [7, 11) is -2.45. The second-order valence-corrected chi connectivity index (χ2v) is 7.00. The fourth-order valence-corrected chi connectivity index (χ4v) is 3.30. The molecule has 0 N–H and O–H groups in total. The van der Waals surface area contributed by atoms with E-state index in [1.54, 1.807) is 0 Å². The Kier molecular flexibility index (Phi) is 5.08. The van der Waals surface area contributed by atoms with E-state index in [4.69, 9.17) is 4.52 Å². The summed E-state index contributed by atoms with van der Waals surface area (Å²) in [5.74, 6) is 0.729. The van der Waals surface area contributed by atoms with Crippen molar-refractivity contribution in [2.45, 2.75) is 33.6 Å². The van der Waals surface area contributed by atoms with Crippen LogP contribution in [0.4, 0.5) is 0 Å². The molecule has 0 amide bonds. The second-order valence-electron chi connectivity index (χ2n) is 4.11. The van der Waals surface area contributed by atoms with Crippen molar-refractivity contribution < 1.29 is 9.09 Å². The van der Waals surface area contributed by atoms with Crippen LogP contribution in [0.3, 0.4) is 0 Å². The third kappa shape index (κ3) is 4.02. The van der Waals surface area contributed by atoms with E-state index in [1.165, 1.54) is 5.56 Å². The van der Waals surface area contributed by atoms with Crippen molar-refractivity contribution in [3.8, 4) is 5.75 Å². The summed E-state index contributed by atoms with van der Waals surface area (Å²) in [5.41, 5.74) is 1.19. The number of rotatable bonds is 6. The molecule has 1 rings (SSSR count). The third-order valence-corrected chi connectivity index (χ3v) is 5.13. The molecule has 1 aromatic rings. The summed E-state index contributed by atoms with van der Waals surface area (Å²) < 4.78 is 18.0. The Morgan fingerprint density at radius 3 is 2.31 bits per heavy atom. The Labute approximate surface area is 98.5 Å². The summed E-state index contributed by atoms with van der Waals surface area (Å²) in [6, 6.07) is 7.75. The highest BCUT2D eigenvalue weighted by Gasteiger charge is 2.20. The molecule has 16 heavy (non-hydrogen) atoms. The number of hydrogen-bond donors (Lipinski definition) is 0. The molecule has 1 aromatic carbocycles.